The van der Waals surface area contributed by atoms with Gasteiger partial charge in [-0.1, -0.05) is 22.4 Å². The van der Waals surface area contributed by atoms with Crippen LogP contribution in [0.5, 0.6) is 0 Å². The van der Waals surface area contributed by atoms with Gasteiger partial charge in [0.1, 0.15) is 5.82 Å². The molecular weight excluding hydrogens is 271 g/mol. The Hall–Kier alpha value is -0.450. The predicted octanol–water partition coefficient (Wildman–Crippen LogP) is 3.08. The lowest BCUT2D eigenvalue weighted by Crippen LogP contribution is -2.41. The number of rotatable bonds is 3. The minimum atomic E-state index is -0.146. The zero-order valence-corrected chi connectivity index (χ0v) is 10.8. The number of hydrogen-bond acceptors (Lipinski definition) is 2. The van der Waals surface area contributed by atoms with Gasteiger partial charge in [-0.05, 0) is 31.0 Å². The lowest BCUT2D eigenvalue weighted by Gasteiger charge is -2.27. The van der Waals surface area contributed by atoms with E-state index in [0.29, 0.717) is 12.1 Å². The highest BCUT2D eigenvalue weighted by molar-refractivity contribution is 9.10. The van der Waals surface area contributed by atoms with Gasteiger partial charge >= 0.3 is 0 Å². The topological polar surface area (TPSA) is 15.3 Å². The van der Waals surface area contributed by atoms with E-state index in [4.69, 9.17) is 0 Å². The third-order valence-electron chi connectivity index (χ3n) is 2.86. The summed E-state index contributed by atoms with van der Waals surface area (Å²) in [6.07, 6.45) is 3.77. The number of hydrazine groups is 1. The van der Waals surface area contributed by atoms with E-state index >= 15 is 0 Å². The maximum absolute atomic E-state index is 13.4. The smallest absolute Gasteiger partial charge is 0.127 e. The molecule has 1 aliphatic rings. The summed E-state index contributed by atoms with van der Waals surface area (Å²) in [5, 5.41) is 2.18. The predicted molar refractivity (Wildman–Crippen MR) is 66.4 cm³/mol. The van der Waals surface area contributed by atoms with Crippen LogP contribution in [0.3, 0.4) is 0 Å². The van der Waals surface area contributed by atoms with Gasteiger partial charge < -0.3 is 0 Å². The molecule has 0 bridgehead atoms. The lowest BCUT2D eigenvalue weighted by atomic mass is 10.2. The molecule has 88 valence electrons. The normalized spacial score (nSPS) is 17.6. The Kier molecular flexibility index (Phi) is 4.32. The van der Waals surface area contributed by atoms with E-state index in [1.807, 2.05) is 6.07 Å². The molecule has 4 heteroatoms. The minimum absolute atomic E-state index is 0.146. The maximum atomic E-state index is 13.4. The average molecular weight is 287 g/mol. The first-order valence-electron chi connectivity index (χ1n) is 5.68. The first-order chi connectivity index (χ1) is 7.75. The highest BCUT2D eigenvalue weighted by Gasteiger charge is 2.10. The Balaban J connectivity index is 1.90. The van der Waals surface area contributed by atoms with Crippen LogP contribution < -0.4 is 5.43 Å². The summed E-state index contributed by atoms with van der Waals surface area (Å²) in [7, 11) is 0. The molecule has 1 aliphatic heterocycles. The average Bonchev–Trinajstić information content (AvgIpc) is 2.32. The zero-order chi connectivity index (χ0) is 11.4. The molecule has 0 unspecified atom stereocenters. The fourth-order valence-corrected chi connectivity index (χ4v) is 2.34. The third-order valence-corrected chi connectivity index (χ3v) is 3.35. The highest BCUT2D eigenvalue weighted by Crippen LogP contribution is 2.15. The Morgan fingerprint density at radius 2 is 2.00 bits per heavy atom. The van der Waals surface area contributed by atoms with Crippen molar-refractivity contribution in [1.29, 1.82) is 0 Å². The largest absolute Gasteiger partial charge is 0.251 e. The number of nitrogens with one attached hydrogen (secondary N) is 1. The summed E-state index contributed by atoms with van der Waals surface area (Å²) in [4.78, 5) is 0. The van der Waals surface area contributed by atoms with Crippen LogP contribution in [0.15, 0.2) is 22.7 Å². The number of nitrogens with zero attached hydrogens (tertiary/aromatic N) is 1. The van der Waals surface area contributed by atoms with Crippen LogP contribution in [-0.4, -0.2) is 18.1 Å². The molecule has 0 amide bonds. The number of hydrogen-bond donors (Lipinski definition) is 1. The number of benzene rings is 1. The summed E-state index contributed by atoms with van der Waals surface area (Å²) < 4.78 is 14.4. The van der Waals surface area contributed by atoms with E-state index < -0.39 is 0 Å². The van der Waals surface area contributed by atoms with Crippen LogP contribution in [0.1, 0.15) is 24.8 Å². The molecule has 0 atom stereocenters. The Morgan fingerprint density at radius 1 is 1.25 bits per heavy atom. The van der Waals surface area contributed by atoms with Gasteiger partial charge in [-0.15, -0.1) is 0 Å². The fraction of sp³-hybridized carbons (Fsp3) is 0.500. The van der Waals surface area contributed by atoms with Crippen molar-refractivity contribution in [2.24, 2.45) is 0 Å². The summed E-state index contributed by atoms with van der Waals surface area (Å²) in [6.45, 7) is 2.69. The molecule has 1 saturated heterocycles. The standard InChI is InChI=1S/C12H16BrFN2/c13-11-4-5-12(14)10(8-11)9-15-16-6-2-1-3-7-16/h4-5,8,15H,1-3,6-7,9H2. The molecule has 1 heterocycles. The summed E-state index contributed by atoms with van der Waals surface area (Å²) in [5.41, 5.74) is 3.99. The molecule has 1 fully saturated rings. The van der Waals surface area contributed by atoms with Gasteiger partial charge in [0.15, 0.2) is 0 Å². The van der Waals surface area contributed by atoms with E-state index in [-0.39, 0.29) is 5.82 Å². The summed E-state index contributed by atoms with van der Waals surface area (Å²) in [5.74, 6) is -0.146. The van der Waals surface area contributed by atoms with Crippen molar-refractivity contribution >= 4 is 15.9 Å². The second kappa shape index (κ2) is 5.75. The quantitative estimate of drug-likeness (QED) is 0.919. The van der Waals surface area contributed by atoms with Crippen molar-refractivity contribution in [2.45, 2.75) is 25.8 Å². The van der Waals surface area contributed by atoms with Crippen LogP contribution in [0.4, 0.5) is 4.39 Å². The molecular formula is C12H16BrFN2. The lowest BCUT2D eigenvalue weighted by molar-refractivity contribution is 0.150. The molecule has 0 saturated carbocycles. The van der Waals surface area contributed by atoms with Gasteiger partial charge in [-0.25, -0.2) is 9.40 Å². The van der Waals surface area contributed by atoms with Gasteiger partial charge in [0.05, 0.1) is 0 Å². The van der Waals surface area contributed by atoms with Crippen LogP contribution >= 0.6 is 15.9 Å². The molecule has 1 aromatic carbocycles. The third kappa shape index (κ3) is 3.27. The van der Waals surface area contributed by atoms with Gasteiger partial charge in [-0.3, -0.25) is 5.43 Å². The second-order valence-corrected chi connectivity index (χ2v) is 5.03. The summed E-state index contributed by atoms with van der Waals surface area (Å²) in [6, 6.07) is 5.04. The second-order valence-electron chi connectivity index (χ2n) is 4.12. The first-order valence-corrected chi connectivity index (χ1v) is 6.47. The Labute approximate surface area is 104 Å². The van der Waals surface area contributed by atoms with Gasteiger partial charge in [0.25, 0.3) is 0 Å². The Bertz CT molecular complexity index is 351. The molecule has 0 aromatic heterocycles. The Morgan fingerprint density at radius 3 is 2.75 bits per heavy atom. The first kappa shape index (κ1) is 12.0. The maximum Gasteiger partial charge on any atom is 0.127 e. The van der Waals surface area contributed by atoms with Crippen LogP contribution in [-0.2, 0) is 6.54 Å². The number of halogens is 2. The van der Waals surface area contributed by atoms with Crippen LogP contribution in [0.25, 0.3) is 0 Å². The van der Waals surface area contributed by atoms with E-state index in [1.165, 1.54) is 25.3 Å². The van der Waals surface area contributed by atoms with E-state index in [1.54, 1.807) is 6.07 Å². The van der Waals surface area contributed by atoms with Crippen LogP contribution in [0, 0.1) is 5.82 Å². The van der Waals surface area contributed by atoms with Crippen LogP contribution in [0.2, 0.25) is 0 Å². The zero-order valence-electron chi connectivity index (χ0n) is 9.18. The summed E-state index contributed by atoms with van der Waals surface area (Å²) >= 11 is 3.35. The molecule has 0 spiro atoms. The van der Waals surface area contributed by atoms with Crippen molar-refractivity contribution < 1.29 is 4.39 Å². The molecule has 16 heavy (non-hydrogen) atoms. The minimum Gasteiger partial charge on any atom is -0.251 e. The molecule has 2 nitrogen and oxygen atoms in total. The van der Waals surface area contributed by atoms with Gasteiger partial charge in [0.2, 0.25) is 0 Å². The van der Waals surface area contributed by atoms with E-state index in [9.17, 15) is 4.39 Å². The monoisotopic (exact) mass is 286 g/mol. The molecule has 0 radical (unpaired) electrons. The highest BCUT2D eigenvalue weighted by atomic mass is 79.9. The SMILES string of the molecule is Fc1ccc(Br)cc1CNN1CCCCC1. The van der Waals surface area contributed by atoms with Gasteiger partial charge in [-0.2, -0.15) is 0 Å². The van der Waals surface area contributed by atoms with Crippen molar-refractivity contribution in [2.75, 3.05) is 13.1 Å². The number of piperidine rings is 1. The molecule has 2 rings (SSSR count). The van der Waals surface area contributed by atoms with Crippen molar-refractivity contribution in [3.05, 3.63) is 34.1 Å². The van der Waals surface area contributed by atoms with Crippen molar-refractivity contribution in [3.63, 3.8) is 0 Å². The molecule has 1 N–H and O–H groups in total. The fourth-order valence-electron chi connectivity index (χ4n) is 1.93. The van der Waals surface area contributed by atoms with E-state index in [0.717, 1.165) is 17.6 Å². The molecule has 1 aromatic rings. The van der Waals surface area contributed by atoms with Crippen molar-refractivity contribution in [3.8, 4) is 0 Å². The van der Waals surface area contributed by atoms with E-state index in [2.05, 4.69) is 26.4 Å². The molecule has 0 aliphatic carbocycles. The van der Waals surface area contributed by atoms with Crippen molar-refractivity contribution in [1.82, 2.24) is 10.4 Å². The van der Waals surface area contributed by atoms with Gasteiger partial charge in [0, 0.05) is 29.7 Å².